The third kappa shape index (κ3) is 5.75. The fourth-order valence-electron chi connectivity index (χ4n) is 1.22. The SMILES string of the molecule is C=CCC(N)C(=O)NC(C)CCCC. The lowest BCUT2D eigenvalue weighted by molar-refractivity contribution is -0.122. The van der Waals surface area contributed by atoms with Gasteiger partial charge in [0.2, 0.25) is 5.91 Å². The molecular weight excluding hydrogens is 176 g/mol. The van der Waals surface area contributed by atoms with Gasteiger partial charge in [0.1, 0.15) is 0 Å². The van der Waals surface area contributed by atoms with Gasteiger partial charge in [0.15, 0.2) is 0 Å². The number of hydrogen-bond donors (Lipinski definition) is 2. The first-order chi connectivity index (χ1) is 6.61. The fourth-order valence-corrected chi connectivity index (χ4v) is 1.22. The summed E-state index contributed by atoms with van der Waals surface area (Å²) in [7, 11) is 0. The van der Waals surface area contributed by atoms with Crippen LogP contribution in [0.1, 0.15) is 39.5 Å². The Kier molecular flexibility index (Phi) is 7.11. The van der Waals surface area contributed by atoms with E-state index in [0.717, 1.165) is 19.3 Å². The van der Waals surface area contributed by atoms with Crippen LogP contribution in [-0.4, -0.2) is 18.0 Å². The molecular formula is C11H22N2O. The standard InChI is InChI=1S/C11H22N2O/c1-4-6-8-9(3)13-11(14)10(12)7-5-2/h5,9-10H,2,4,6-8,12H2,1,3H3,(H,13,14). The maximum atomic E-state index is 11.4. The summed E-state index contributed by atoms with van der Waals surface area (Å²) in [6.07, 6.45) is 5.51. The summed E-state index contributed by atoms with van der Waals surface area (Å²) < 4.78 is 0. The average molecular weight is 198 g/mol. The van der Waals surface area contributed by atoms with E-state index in [4.69, 9.17) is 5.73 Å². The van der Waals surface area contributed by atoms with Crippen molar-refractivity contribution in [3.63, 3.8) is 0 Å². The molecule has 0 saturated heterocycles. The van der Waals surface area contributed by atoms with E-state index in [-0.39, 0.29) is 11.9 Å². The first kappa shape index (κ1) is 13.2. The van der Waals surface area contributed by atoms with E-state index in [1.807, 2.05) is 6.92 Å². The van der Waals surface area contributed by atoms with Crippen molar-refractivity contribution in [1.29, 1.82) is 0 Å². The van der Waals surface area contributed by atoms with E-state index in [9.17, 15) is 4.79 Å². The summed E-state index contributed by atoms with van der Waals surface area (Å²) in [4.78, 5) is 11.4. The van der Waals surface area contributed by atoms with Crippen LogP contribution in [0.3, 0.4) is 0 Å². The minimum atomic E-state index is -0.448. The molecule has 0 fully saturated rings. The Morgan fingerprint density at radius 1 is 1.64 bits per heavy atom. The molecule has 0 aromatic carbocycles. The van der Waals surface area contributed by atoms with Gasteiger partial charge in [0, 0.05) is 6.04 Å². The highest BCUT2D eigenvalue weighted by Crippen LogP contribution is 2.00. The van der Waals surface area contributed by atoms with E-state index in [2.05, 4.69) is 18.8 Å². The van der Waals surface area contributed by atoms with E-state index < -0.39 is 6.04 Å². The number of nitrogens with one attached hydrogen (secondary N) is 1. The molecule has 3 nitrogen and oxygen atoms in total. The van der Waals surface area contributed by atoms with Gasteiger partial charge >= 0.3 is 0 Å². The van der Waals surface area contributed by atoms with Gasteiger partial charge in [0.25, 0.3) is 0 Å². The molecule has 3 N–H and O–H groups in total. The van der Waals surface area contributed by atoms with Gasteiger partial charge in [-0.2, -0.15) is 0 Å². The lowest BCUT2D eigenvalue weighted by Gasteiger charge is -2.16. The normalized spacial score (nSPS) is 14.5. The summed E-state index contributed by atoms with van der Waals surface area (Å²) in [6.45, 7) is 7.70. The summed E-state index contributed by atoms with van der Waals surface area (Å²) >= 11 is 0. The molecule has 0 aliphatic heterocycles. The summed E-state index contributed by atoms with van der Waals surface area (Å²) in [5.41, 5.74) is 5.62. The van der Waals surface area contributed by atoms with Crippen LogP contribution in [-0.2, 0) is 4.79 Å². The molecule has 0 bridgehead atoms. The van der Waals surface area contributed by atoms with Gasteiger partial charge in [-0.1, -0.05) is 25.8 Å². The Labute approximate surface area is 86.8 Å². The average Bonchev–Trinajstić information content (AvgIpc) is 2.15. The highest BCUT2D eigenvalue weighted by atomic mass is 16.2. The van der Waals surface area contributed by atoms with Gasteiger partial charge in [0.05, 0.1) is 6.04 Å². The zero-order valence-corrected chi connectivity index (χ0v) is 9.25. The first-order valence-corrected chi connectivity index (χ1v) is 5.28. The molecule has 0 saturated carbocycles. The van der Waals surface area contributed by atoms with E-state index in [0.29, 0.717) is 6.42 Å². The lowest BCUT2D eigenvalue weighted by Crippen LogP contribution is -2.44. The molecule has 14 heavy (non-hydrogen) atoms. The van der Waals surface area contributed by atoms with Gasteiger partial charge in [-0.3, -0.25) is 4.79 Å². The third-order valence-corrected chi connectivity index (χ3v) is 2.14. The number of amides is 1. The highest BCUT2D eigenvalue weighted by Gasteiger charge is 2.13. The largest absolute Gasteiger partial charge is 0.352 e. The highest BCUT2D eigenvalue weighted by molar-refractivity contribution is 5.81. The fraction of sp³-hybridized carbons (Fsp3) is 0.727. The Bertz CT molecular complexity index is 180. The molecule has 2 atom stereocenters. The number of carbonyl (C=O) groups excluding carboxylic acids is 1. The molecule has 0 rings (SSSR count). The second kappa shape index (κ2) is 7.56. The monoisotopic (exact) mass is 198 g/mol. The van der Waals surface area contributed by atoms with Crippen LogP contribution < -0.4 is 11.1 Å². The van der Waals surface area contributed by atoms with Crippen LogP contribution in [0.15, 0.2) is 12.7 Å². The van der Waals surface area contributed by atoms with Crippen LogP contribution in [0.4, 0.5) is 0 Å². The van der Waals surface area contributed by atoms with Crippen molar-refractivity contribution in [3.05, 3.63) is 12.7 Å². The molecule has 1 amide bonds. The van der Waals surface area contributed by atoms with Crippen LogP contribution in [0.5, 0.6) is 0 Å². The number of hydrogen-bond acceptors (Lipinski definition) is 2. The van der Waals surface area contributed by atoms with E-state index in [1.165, 1.54) is 0 Å². The minimum absolute atomic E-state index is 0.0755. The van der Waals surface area contributed by atoms with Crippen molar-refractivity contribution in [3.8, 4) is 0 Å². The van der Waals surface area contributed by atoms with Crippen molar-refractivity contribution in [2.45, 2.75) is 51.6 Å². The Morgan fingerprint density at radius 3 is 2.79 bits per heavy atom. The van der Waals surface area contributed by atoms with Gasteiger partial charge in [-0.25, -0.2) is 0 Å². The Morgan fingerprint density at radius 2 is 2.29 bits per heavy atom. The molecule has 0 aromatic rings. The first-order valence-electron chi connectivity index (χ1n) is 5.28. The van der Waals surface area contributed by atoms with Gasteiger partial charge < -0.3 is 11.1 Å². The molecule has 0 aliphatic carbocycles. The molecule has 0 radical (unpaired) electrons. The summed E-state index contributed by atoms with van der Waals surface area (Å²) in [5, 5.41) is 2.89. The maximum Gasteiger partial charge on any atom is 0.237 e. The molecule has 0 spiro atoms. The van der Waals surface area contributed by atoms with Crippen LogP contribution in [0, 0.1) is 0 Å². The number of carbonyl (C=O) groups is 1. The van der Waals surface area contributed by atoms with Gasteiger partial charge in [-0.15, -0.1) is 6.58 Å². The van der Waals surface area contributed by atoms with E-state index >= 15 is 0 Å². The maximum absolute atomic E-state index is 11.4. The molecule has 0 heterocycles. The molecule has 82 valence electrons. The smallest absolute Gasteiger partial charge is 0.237 e. The quantitative estimate of drug-likeness (QED) is 0.610. The second-order valence-corrected chi connectivity index (χ2v) is 3.68. The topological polar surface area (TPSA) is 55.1 Å². The van der Waals surface area contributed by atoms with Crippen molar-refractivity contribution < 1.29 is 4.79 Å². The lowest BCUT2D eigenvalue weighted by atomic mass is 10.1. The molecule has 2 unspecified atom stereocenters. The zero-order valence-electron chi connectivity index (χ0n) is 9.25. The molecule has 0 aromatic heterocycles. The van der Waals surface area contributed by atoms with Crippen molar-refractivity contribution in [1.82, 2.24) is 5.32 Å². The van der Waals surface area contributed by atoms with Gasteiger partial charge in [-0.05, 0) is 19.8 Å². The number of rotatable bonds is 7. The second-order valence-electron chi connectivity index (χ2n) is 3.68. The minimum Gasteiger partial charge on any atom is -0.352 e. The van der Waals surface area contributed by atoms with Crippen LogP contribution in [0.25, 0.3) is 0 Å². The molecule has 0 aliphatic rings. The van der Waals surface area contributed by atoms with E-state index in [1.54, 1.807) is 6.08 Å². The third-order valence-electron chi connectivity index (χ3n) is 2.14. The zero-order chi connectivity index (χ0) is 11.0. The number of nitrogens with two attached hydrogens (primary N) is 1. The van der Waals surface area contributed by atoms with Crippen LogP contribution >= 0.6 is 0 Å². The number of unbranched alkanes of at least 4 members (excludes halogenated alkanes) is 1. The molecule has 3 heteroatoms. The Hall–Kier alpha value is -0.830. The van der Waals surface area contributed by atoms with Crippen molar-refractivity contribution in [2.24, 2.45) is 5.73 Å². The van der Waals surface area contributed by atoms with Crippen molar-refractivity contribution >= 4 is 5.91 Å². The summed E-state index contributed by atoms with van der Waals surface area (Å²) in [5.74, 6) is -0.0755. The van der Waals surface area contributed by atoms with Crippen LogP contribution in [0.2, 0.25) is 0 Å². The van der Waals surface area contributed by atoms with Crippen molar-refractivity contribution in [2.75, 3.05) is 0 Å². The summed E-state index contributed by atoms with van der Waals surface area (Å²) in [6, 6.07) is -0.227. The predicted molar refractivity (Wildman–Crippen MR) is 59.9 cm³/mol. The predicted octanol–water partition coefficient (Wildman–Crippen LogP) is 1.58. The Balaban J connectivity index is 3.74.